The molecule has 0 aliphatic carbocycles. The first-order valence-corrected chi connectivity index (χ1v) is 9.78. The molecule has 30 heavy (non-hydrogen) atoms. The lowest BCUT2D eigenvalue weighted by Gasteiger charge is -2.13. The number of amides is 1. The highest BCUT2D eigenvalue weighted by Gasteiger charge is 2.19. The molecule has 8 nitrogen and oxygen atoms in total. The standard InChI is InChI=1S/C22H23N5O3/c1-14(12-18-10-7-11-30-18)23-19(28)13-26-22(29)20-16(3)27(17-8-5-4-6-9-17)25-21(20)15(2)24-26/h4-11,14H,12-13H2,1-3H3,(H,23,28)/t14-/m1/s1. The number of fused-ring (bicyclic) bond motifs is 1. The highest BCUT2D eigenvalue weighted by molar-refractivity contribution is 5.83. The lowest BCUT2D eigenvalue weighted by Crippen LogP contribution is -2.39. The second-order valence-electron chi connectivity index (χ2n) is 7.36. The fraction of sp³-hybridized carbons (Fsp3) is 0.273. The Balaban J connectivity index is 1.60. The first-order valence-electron chi connectivity index (χ1n) is 9.78. The van der Waals surface area contributed by atoms with Crippen LogP contribution in [0.2, 0.25) is 0 Å². The summed E-state index contributed by atoms with van der Waals surface area (Å²) >= 11 is 0. The first-order chi connectivity index (χ1) is 14.4. The van der Waals surface area contributed by atoms with Gasteiger partial charge in [0.25, 0.3) is 5.56 Å². The van der Waals surface area contributed by atoms with Crippen LogP contribution >= 0.6 is 0 Å². The number of rotatable bonds is 6. The highest BCUT2D eigenvalue weighted by Crippen LogP contribution is 2.19. The molecule has 0 saturated carbocycles. The van der Waals surface area contributed by atoms with Crippen LogP contribution in [-0.2, 0) is 17.8 Å². The summed E-state index contributed by atoms with van der Waals surface area (Å²) in [5.41, 5.74) is 2.39. The summed E-state index contributed by atoms with van der Waals surface area (Å²) in [4.78, 5) is 25.6. The smallest absolute Gasteiger partial charge is 0.278 e. The Kier molecular flexibility index (Phi) is 5.22. The fourth-order valence-corrected chi connectivity index (χ4v) is 3.58. The van der Waals surface area contributed by atoms with Gasteiger partial charge in [-0.25, -0.2) is 9.36 Å². The normalized spacial score (nSPS) is 12.2. The molecular formula is C22H23N5O3. The predicted octanol–water partition coefficient (Wildman–Crippen LogP) is 2.54. The third-order valence-corrected chi connectivity index (χ3v) is 4.97. The van der Waals surface area contributed by atoms with Crippen LogP contribution in [0.15, 0.2) is 57.9 Å². The molecule has 3 heterocycles. The van der Waals surface area contributed by atoms with Gasteiger partial charge in [-0.15, -0.1) is 0 Å². The van der Waals surface area contributed by atoms with Crippen LogP contribution in [0.25, 0.3) is 16.6 Å². The van der Waals surface area contributed by atoms with E-state index >= 15 is 0 Å². The summed E-state index contributed by atoms with van der Waals surface area (Å²) in [6.07, 6.45) is 2.17. The number of hydrogen-bond donors (Lipinski definition) is 1. The molecule has 0 aliphatic rings. The minimum absolute atomic E-state index is 0.133. The second kappa shape index (κ2) is 7.98. The van der Waals surface area contributed by atoms with E-state index in [4.69, 9.17) is 4.42 Å². The number of hydrogen-bond acceptors (Lipinski definition) is 5. The zero-order valence-corrected chi connectivity index (χ0v) is 17.1. The van der Waals surface area contributed by atoms with Crippen molar-refractivity contribution in [2.24, 2.45) is 0 Å². The molecule has 0 saturated heterocycles. The van der Waals surface area contributed by atoms with Gasteiger partial charge in [0.05, 0.1) is 28.7 Å². The van der Waals surface area contributed by atoms with Gasteiger partial charge >= 0.3 is 0 Å². The zero-order chi connectivity index (χ0) is 21.3. The van der Waals surface area contributed by atoms with E-state index in [1.165, 1.54) is 4.68 Å². The average molecular weight is 405 g/mol. The van der Waals surface area contributed by atoms with Crippen molar-refractivity contribution in [2.75, 3.05) is 0 Å². The van der Waals surface area contributed by atoms with Crippen LogP contribution in [0, 0.1) is 13.8 Å². The molecule has 0 fully saturated rings. The van der Waals surface area contributed by atoms with Gasteiger partial charge in [0.2, 0.25) is 5.91 Å². The van der Waals surface area contributed by atoms with E-state index in [0.29, 0.717) is 28.7 Å². The molecule has 154 valence electrons. The van der Waals surface area contributed by atoms with Crippen molar-refractivity contribution in [3.8, 4) is 5.69 Å². The van der Waals surface area contributed by atoms with Crippen molar-refractivity contribution in [1.29, 1.82) is 0 Å². The molecule has 8 heteroatoms. The summed E-state index contributed by atoms with van der Waals surface area (Å²) in [5, 5.41) is 12.3. The van der Waals surface area contributed by atoms with E-state index in [1.807, 2.05) is 56.3 Å². The Morgan fingerprint density at radius 3 is 2.60 bits per heavy atom. The third-order valence-electron chi connectivity index (χ3n) is 4.97. The number of aromatic nitrogens is 4. The van der Waals surface area contributed by atoms with Crippen molar-refractivity contribution in [3.63, 3.8) is 0 Å². The molecular weight excluding hydrogens is 382 g/mol. The van der Waals surface area contributed by atoms with Gasteiger partial charge in [0.15, 0.2) is 0 Å². The van der Waals surface area contributed by atoms with Crippen molar-refractivity contribution in [3.05, 3.63) is 76.2 Å². The second-order valence-corrected chi connectivity index (χ2v) is 7.36. The van der Waals surface area contributed by atoms with Crippen molar-refractivity contribution >= 4 is 16.8 Å². The van der Waals surface area contributed by atoms with E-state index < -0.39 is 0 Å². The Morgan fingerprint density at radius 1 is 1.13 bits per heavy atom. The monoisotopic (exact) mass is 405 g/mol. The zero-order valence-electron chi connectivity index (χ0n) is 17.1. The molecule has 1 N–H and O–H groups in total. The van der Waals surface area contributed by atoms with Crippen LogP contribution in [0.3, 0.4) is 0 Å². The summed E-state index contributed by atoms with van der Waals surface area (Å²) in [5.74, 6) is 0.509. The summed E-state index contributed by atoms with van der Waals surface area (Å²) in [7, 11) is 0. The van der Waals surface area contributed by atoms with Crippen LogP contribution in [-0.4, -0.2) is 31.5 Å². The molecule has 0 bridgehead atoms. The first kappa shape index (κ1) is 19.6. The predicted molar refractivity (Wildman–Crippen MR) is 113 cm³/mol. The lowest BCUT2D eigenvalue weighted by atomic mass is 10.2. The average Bonchev–Trinajstić information content (AvgIpc) is 3.34. The van der Waals surface area contributed by atoms with E-state index in [1.54, 1.807) is 17.9 Å². The Morgan fingerprint density at radius 2 is 1.90 bits per heavy atom. The van der Waals surface area contributed by atoms with Crippen LogP contribution in [0.1, 0.15) is 24.1 Å². The number of aryl methyl sites for hydroxylation is 2. The number of furan rings is 1. The van der Waals surface area contributed by atoms with Crippen molar-refractivity contribution < 1.29 is 9.21 Å². The summed E-state index contributed by atoms with van der Waals surface area (Å²) < 4.78 is 8.25. The molecule has 1 atom stereocenters. The molecule has 0 spiro atoms. The van der Waals surface area contributed by atoms with Gasteiger partial charge < -0.3 is 9.73 Å². The summed E-state index contributed by atoms with van der Waals surface area (Å²) in [6.45, 7) is 5.36. The van der Waals surface area contributed by atoms with E-state index in [0.717, 1.165) is 11.4 Å². The highest BCUT2D eigenvalue weighted by atomic mass is 16.3. The molecule has 0 radical (unpaired) electrons. The molecule has 3 aromatic heterocycles. The molecule has 4 aromatic rings. The number of nitrogens with zero attached hydrogens (tertiary/aromatic N) is 4. The SMILES string of the molecule is Cc1nn(CC(=O)N[C@H](C)Cc2ccco2)c(=O)c2c(C)n(-c3ccccc3)nc12. The number of carbonyl (C=O) groups is 1. The molecule has 0 unspecified atom stereocenters. The van der Waals surface area contributed by atoms with Gasteiger partial charge in [0, 0.05) is 12.5 Å². The third kappa shape index (κ3) is 3.76. The number of benzene rings is 1. The Bertz CT molecular complexity index is 1240. The number of carbonyl (C=O) groups excluding carboxylic acids is 1. The molecule has 1 aromatic carbocycles. The maximum atomic E-state index is 13.1. The minimum Gasteiger partial charge on any atom is -0.469 e. The van der Waals surface area contributed by atoms with Gasteiger partial charge in [-0.2, -0.15) is 10.2 Å². The van der Waals surface area contributed by atoms with E-state index in [2.05, 4.69) is 15.5 Å². The van der Waals surface area contributed by atoms with Crippen LogP contribution in [0.4, 0.5) is 0 Å². The fourth-order valence-electron chi connectivity index (χ4n) is 3.58. The lowest BCUT2D eigenvalue weighted by molar-refractivity contribution is -0.122. The Labute approximate surface area is 173 Å². The maximum Gasteiger partial charge on any atom is 0.278 e. The number of nitrogens with one attached hydrogen (secondary N) is 1. The van der Waals surface area contributed by atoms with Gasteiger partial charge in [-0.3, -0.25) is 9.59 Å². The van der Waals surface area contributed by atoms with Gasteiger partial charge in [-0.05, 0) is 45.0 Å². The van der Waals surface area contributed by atoms with Crippen LogP contribution < -0.4 is 10.9 Å². The van der Waals surface area contributed by atoms with Crippen molar-refractivity contribution in [2.45, 2.75) is 39.8 Å². The molecule has 1 amide bonds. The topological polar surface area (TPSA) is 95.0 Å². The summed E-state index contributed by atoms with van der Waals surface area (Å²) in [6, 6.07) is 13.1. The van der Waals surface area contributed by atoms with Gasteiger partial charge in [0.1, 0.15) is 17.8 Å². The maximum absolute atomic E-state index is 13.1. The van der Waals surface area contributed by atoms with E-state index in [9.17, 15) is 9.59 Å². The quantitative estimate of drug-likeness (QED) is 0.532. The number of para-hydroxylation sites is 1. The van der Waals surface area contributed by atoms with Gasteiger partial charge in [-0.1, -0.05) is 18.2 Å². The minimum atomic E-state index is -0.330. The van der Waals surface area contributed by atoms with Crippen molar-refractivity contribution in [1.82, 2.24) is 24.9 Å². The molecule has 0 aliphatic heterocycles. The van der Waals surface area contributed by atoms with Crippen LogP contribution in [0.5, 0.6) is 0 Å². The largest absolute Gasteiger partial charge is 0.469 e. The molecule has 4 rings (SSSR count). The van der Waals surface area contributed by atoms with E-state index in [-0.39, 0.29) is 24.1 Å². The Hall–Kier alpha value is -3.68.